The van der Waals surface area contributed by atoms with E-state index in [9.17, 15) is 9.59 Å². The van der Waals surface area contributed by atoms with Gasteiger partial charge in [-0.1, -0.05) is 35.9 Å². The van der Waals surface area contributed by atoms with Crippen LogP contribution in [0.3, 0.4) is 0 Å². The highest BCUT2D eigenvalue weighted by atomic mass is 35.5. The smallest absolute Gasteiger partial charge is 0.310 e. The van der Waals surface area contributed by atoms with E-state index >= 15 is 0 Å². The summed E-state index contributed by atoms with van der Waals surface area (Å²) in [6, 6.07) is 6.85. The van der Waals surface area contributed by atoms with Crippen molar-refractivity contribution in [3.8, 4) is 0 Å². The van der Waals surface area contributed by atoms with Crippen molar-refractivity contribution in [2.45, 2.75) is 38.9 Å². The van der Waals surface area contributed by atoms with Crippen LogP contribution < -0.4 is 5.32 Å². The van der Waals surface area contributed by atoms with Crippen LogP contribution in [0.15, 0.2) is 41.5 Å². The normalized spacial score (nSPS) is 27.1. The van der Waals surface area contributed by atoms with Gasteiger partial charge in [0.1, 0.15) is 12.2 Å². The lowest BCUT2D eigenvalue weighted by Crippen LogP contribution is -2.66. The van der Waals surface area contributed by atoms with Crippen molar-refractivity contribution < 1.29 is 9.59 Å². The van der Waals surface area contributed by atoms with E-state index in [0.717, 1.165) is 16.8 Å². The van der Waals surface area contributed by atoms with Gasteiger partial charge in [0.05, 0.1) is 13.1 Å². The van der Waals surface area contributed by atoms with E-state index < -0.39 is 12.2 Å². The Hall–Kier alpha value is -2.42. The summed E-state index contributed by atoms with van der Waals surface area (Å²) < 4.78 is 0. The third-order valence-corrected chi connectivity index (χ3v) is 5.65. The molecular formula is C20H25ClN6O2. The maximum atomic E-state index is 13.2. The van der Waals surface area contributed by atoms with Gasteiger partial charge in [0, 0.05) is 24.3 Å². The number of hydrazone groups is 1. The second-order valence-corrected chi connectivity index (χ2v) is 8.38. The Morgan fingerprint density at radius 1 is 1.38 bits per heavy atom. The second kappa shape index (κ2) is 7.44. The quantitative estimate of drug-likeness (QED) is 0.759. The van der Waals surface area contributed by atoms with Crippen LogP contribution in [-0.2, 0) is 11.3 Å². The Bertz CT molecular complexity index is 903. The highest BCUT2D eigenvalue weighted by Gasteiger charge is 2.56. The van der Waals surface area contributed by atoms with Crippen molar-refractivity contribution in [1.29, 1.82) is 0 Å². The minimum absolute atomic E-state index is 0.200. The van der Waals surface area contributed by atoms with Crippen molar-refractivity contribution in [2.24, 2.45) is 5.10 Å². The summed E-state index contributed by atoms with van der Waals surface area (Å²) in [5.74, 6) is -0.200. The SMILES string of the molecule is C=C(C)CN1C(=O)C2C(NC3N(Cc4cccc(Cl)c4)N=C(C)CN23)N(C)C1=O. The lowest BCUT2D eigenvalue weighted by Gasteiger charge is -2.42. The summed E-state index contributed by atoms with van der Waals surface area (Å²) in [5, 5.41) is 10.7. The predicted molar refractivity (Wildman–Crippen MR) is 111 cm³/mol. The van der Waals surface area contributed by atoms with Crippen LogP contribution in [0, 0.1) is 0 Å². The molecule has 2 saturated heterocycles. The van der Waals surface area contributed by atoms with Crippen LogP contribution in [0.1, 0.15) is 19.4 Å². The zero-order chi connectivity index (χ0) is 20.9. The molecule has 3 unspecified atom stereocenters. The summed E-state index contributed by atoms with van der Waals surface area (Å²) in [4.78, 5) is 31.0. The van der Waals surface area contributed by atoms with Crippen LogP contribution in [0.5, 0.6) is 0 Å². The summed E-state index contributed by atoms with van der Waals surface area (Å²) in [5.41, 5.74) is 2.69. The van der Waals surface area contributed by atoms with Gasteiger partial charge in [-0.25, -0.2) is 9.69 Å². The van der Waals surface area contributed by atoms with Gasteiger partial charge in [0.25, 0.3) is 5.91 Å². The molecule has 1 aromatic carbocycles. The molecule has 29 heavy (non-hydrogen) atoms. The summed E-state index contributed by atoms with van der Waals surface area (Å²) in [6.45, 7) is 8.93. The second-order valence-electron chi connectivity index (χ2n) is 7.94. The first kappa shape index (κ1) is 19.9. The molecule has 3 heterocycles. The number of fused-ring (bicyclic) bond motifs is 3. The van der Waals surface area contributed by atoms with Crippen LogP contribution in [0.25, 0.3) is 0 Å². The average Bonchev–Trinajstić information content (AvgIpc) is 3.03. The largest absolute Gasteiger partial charge is 0.328 e. The fourth-order valence-electron chi connectivity index (χ4n) is 4.21. The van der Waals surface area contributed by atoms with Crippen molar-refractivity contribution in [2.75, 3.05) is 20.1 Å². The molecule has 1 N–H and O–H groups in total. The van der Waals surface area contributed by atoms with Gasteiger partial charge in [-0.05, 0) is 31.5 Å². The topological polar surface area (TPSA) is 71.5 Å². The Labute approximate surface area is 175 Å². The molecule has 1 aromatic rings. The Morgan fingerprint density at radius 2 is 2.14 bits per heavy atom. The molecule has 8 nitrogen and oxygen atoms in total. The zero-order valence-electron chi connectivity index (χ0n) is 16.8. The minimum Gasteiger partial charge on any atom is -0.310 e. The standard InChI is InChI=1S/C20H25ClN6O2/c1-12(2)9-26-18(28)16-17(24(4)20(26)29)22-19-25(16)10-13(3)23-27(19)11-14-6-5-7-15(21)8-14/h5-8,16-17,19,22H,1,9-11H2,2-4H3. The number of carbonyl (C=O) groups is 2. The maximum Gasteiger partial charge on any atom is 0.328 e. The van der Waals surface area contributed by atoms with Crippen molar-refractivity contribution in [3.05, 3.63) is 47.0 Å². The first-order chi connectivity index (χ1) is 13.8. The number of imide groups is 1. The summed E-state index contributed by atoms with van der Waals surface area (Å²) in [7, 11) is 1.72. The Kier molecular flexibility index (Phi) is 5.10. The molecule has 9 heteroatoms. The van der Waals surface area contributed by atoms with E-state index in [2.05, 4.69) is 16.8 Å². The third kappa shape index (κ3) is 3.52. The fraction of sp³-hybridized carbons (Fsp3) is 0.450. The maximum absolute atomic E-state index is 13.2. The van der Waals surface area contributed by atoms with Gasteiger partial charge in [-0.2, -0.15) is 5.10 Å². The summed E-state index contributed by atoms with van der Waals surface area (Å²) in [6.07, 6.45) is -0.707. The Balaban J connectivity index is 1.63. The number of nitrogens with one attached hydrogen (secondary N) is 1. The monoisotopic (exact) mass is 416 g/mol. The number of nitrogens with zero attached hydrogens (tertiary/aromatic N) is 5. The van der Waals surface area contributed by atoms with Gasteiger partial charge in [-0.15, -0.1) is 0 Å². The van der Waals surface area contributed by atoms with Gasteiger partial charge < -0.3 is 4.90 Å². The molecule has 0 aromatic heterocycles. The zero-order valence-corrected chi connectivity index (χ0v) is 17.6. The van der Waals surface area contributed by atoms with Gasteiger partial charge >= 0.3 is 6.03 Å². The van der Waals surface area contributed by atoms with Gasteiger partial charge in [-0.3, -0.25) is 20.0 Å². The summed E-state index contributed by atoms with van der Waals surface area (Å²) >= 11 is 6.13. The molecule has 2 fully saturated rings. The van der Waals surface area contributed by atoms with E-state index in [0.29, 0.717) is 18.1 Å². The fourth-order valence-corrected chi connectivity index (χ4v) is 4.42. The molecule has 0 saturated carbocycles. The van der Waals surface area contributed by atoms with E-state index in [-0.39, 0.29) is 24.8 Å². The molecular weight excluding hydrogens is 392 g/mol. The van der Waals surface area contributed by atoms with E-state index in [1.807, 2.05) is 43.1 Å². The van der Waals surface area contributed by atoms with Crippen LogP contribution in [0.4, 0.5) is 4.79 Å². The molecule has 3 aliphatic rings. The van der Waals surface area contributed by atoms with E-state index in [1.54, 1.807) is 11.9 Å². The number of carbonyl (C=O) groups excluding carboxylic acids is 2. The predicted octanol–water partition coefficient (Wildman–Crippen LogP) is 1.89. The number of hydrogen-bond acceptors (Lipinski definition) is 6. The molecule has 0 radical (unpaired) electrons. The van der Waals surface area contributed by atoms with Crippen LogP contribution in [-0.4, -0.2) is 76.0 Å². The first-order valence-electron chi connectivity index (χ1n) is 9.56. The van der Waals surface area contributed by atoms with E-state index in [4.69, 9.17) is 16.7 Å². The number of hydrogen-bond donors (Lipinski definition) is 1. The van der Waals surface area contributed by atoms with Crippen molar-refractivity contribution in [3.63, 3.8) is 0 Å². The molecule has 3 amide bonds. The molecule has 0 spiro atoms. The van der Waals surface area contributed by atoms with Gasteiger partial charge in [0.2, 0.25) is 0 Å². The highest BCUT2D eigenvalue weighted by Crippen LogP contribution is 2.31. The number of halogens is 1. The number of rotatable bonds is 4. The molecule has 0 aliphatic carbocycles. The number of likely N-dealkylation sites (N-methyl/N-ethyl adjacent to an activating group) is 1. The number of amides is 3. The molecule has 3 aliphatic heterocycles. The average molecular weight is 417 g/mol. The third-order valence-electron chi connectivity index (χ3n) is 5.41. The van der Waals surface area contributed by atoms with E-state index in [1.165, 1.54) is 4.90 Å². The lowest BCUT2D eigenvalue weighted by atomic mass is 10.1. The van der Waals surface area contributed by atoms with Crippen molar-refractivity contribution in [1.82, 2.24) is 25.0 Å². The Morgan fingerprint density at radius 3 is 2.83 bits per heavy atom. The van der Waals surface area contributed by atoms with Crippen molar-refractivity contribution >= 4 is 29.3 Å². The lowest BCUT2D eigenvalue weighted by molar-refractivity contribution is -0.138. The number of urea groups is 1. The highest BCUT2D eigenvalue weighted by molar-refractivity contribution is 6.30. The van der Waals surface area contributed by atoms with Crippen LogP contribution >= 0.6 is 11.6 Å². The first-order valence-corrected chi connectivity index (χ1v) is 9.93. The molecule has 3 atom stereocenters. The molecule has 154 valence electrons. The molecule has 4 rings (SSSR count). The molecule has 0 bridgehead atoms. The van der Waals surface area contributed by atoms with Crippen LogP contribution in [0.2, 0.25) is 5.02 Å². The van der Waals surface area contributed by atoms with Gasteiger partial charge in [0.15, 0.2) is 6.29 Å². The number of benzene rings is 1. The minimum atomic E-state index is -0.477.